The molecule has 2 aromatic carbocycles. The zero-order chi connectivity index (χ0) is 20.4. The number of nitrogens with zero attached hydrogens (tertiary/aromatic N) is 1. The van der Waals surface area contributed by atoms with Gasteiger partial charge in [0.2, 0.25) is 0 Å². The number of amides is 1. The molecule has 8 heteroatoms. The third kappa shape index (κ3) is 4.13. The van der Waals surface area contributed by atoms with Gasteiger partial charge in [-0.25, -0.2) is 8.42 Å². The van der Waals surface area contributed by atoms with E-state index < -0.39 is 10.0 Å². The third-order valence-corrected chi connectivity index (χ3v) is 7.55. The number of carbonyl (C=O) groups excluding carboxylic acids is 1. The van der Waals surface area contributed by atoms with E-state index in [4.69, 9.17) is 16.3 Å². The van der Waals surface area contributed by atoms with Crippen molar-refractivity contribution in [3.63, 3.8) is 0 Å². The Hall–Kier alpha value is -2.09. The smallest absolute Gasteiger partial charge is 0.264 e. The lowest BCUT2D eigenvalue weighted by atomic mass is 10.0. The molecule has 0 bridgehead atoms. The Kier molecular flexibility index (Phi) is 5.81. The lowest BCUT2D eigenvalue weighted by Gasteiger charge is -2.30. The van der Waals surface area contributed by atoms with Gasteiger partial charge in [0.05, 0.1) is 27.8 Å². The van der Waals surface area contributed by atoms with E-state index in [0.717, 1.165) is 24.8 Å². The highest BCUT2D eigenvalue weighted by molar-refractivity contribution is 7.92. The first-order valence-corrected chi connectivity index (χ1v) is 11.5. The summed E-state index contributed by atoms with van der Waals surface area (Å²) in [6.45, 7) is 2.21. The molecular formula is C21H23ClN2O4S. The minimum Gasteiger partial charge on any atom is -0.381 e. The molecule has 0 radical (unpaired) electrons. The molecule has 154 valence electrons. The fraction of sp³-hybridized carbons (Fsp3) is 0.381. The molecule has 0 saturated carbocycles. The van der Waals surface area contributed by atoms with Crippen LogP contribution in [0.15, 0.2) is 47.4 Å². The molecule has 1 amide bonds. The fourth-order valence-corrected chi connectivity index (χ4v) is 5.56. The molecule has 2 aliphatic heterocycles. The van der Waals surface area contributed by atoms with Crippen LogP contribution in [0.4, 0.5) is 5.69 Å². The van der Waals surface area contributed by atoms with Crippen LogP contribution in [0.2, 0.25) is 5.02 Å². The van der Waals surface area contributed by atoms with Crippen molar-refractivity contribution in [3.8, 4) is 0 Å². The summed E-state index contributed by atoms with van der Waals surface area (Å²) in [5.41, 5.74) is 1.87. The van der Waals surface area contributed by atoms with Crippen LogP contribution in [0.1, 0.15) is 28.8 Å². The Morgan fingerprint density at radius 2 is 2.07 bits per heavy atom. The molecule has 0 aliphatic carbocycles. The van der Waals surface area contributed by atoms with Gasteiger partial charge in [-0.15, -0.1) is 0 Å². The summed E-state index contributed by atoms with van der Waals surface area (Å²) >= 11 is 6.21. The van der Waals surface area contributed by atoms with E-state index in [1.165, 1.54) is 22.5 Å². The summed E-state index contributed by atoms with van der Waals surface area (Å²) < 4.78 is 33.4. The van der Waals surface area contributed by atoms with Crippen LogP contribution < -0.4 is 9.62 Å². The van der Waals surface area contributed by atoms with Crippen LogP contribution in [-0.4, -0.2) is 40.6 Å². The predicted molar refractivity (Wildman–Crippen MR) is 112 cm³/mol. The normalized spacial score (nSPS) is 19.1. The van der Waals surface area contributed by atoms with Crippen molar-refractivity contribution >= 4 is 33.2 Å². The maximum Gasteiger partial charge on any atom is 0.264 e. The maximum atomic E-state index is 13.3. The molecule has 2 aliphatic rings. The predicted octanol–water partition coefficient (Wildman–Crippen LogP) is 3.25. The van der Waals surface area contributed by atoms with E-state index in [0.29, 0.717) is 32.0 Å². The zero-order valence-corrected chi connectivity index (χ0v) is 17.5. The molecule has 0 spiro atoms. The Morgan fingerprint density at radius 3 is 2.86 bits per heavy atom. The number of hydrogen-bond acceptors (Lipinski definition) is 4. The summed E-state index contributed by atoms with van der Waals surface area (Å²) in [7, 11) is -3.80. The fourth-order valence-electron chi connectivity index (χ4n) is 3.79. The van der Waals surface area contributed by atoms with E-state index in [2.05, 4.69) is 5.32 Å². The second-order valence-electron chi connectivity index (χ2n) is 7.39. The Balaban J connectivity index is 1.60. The molecule has 1 saturated heterocycles. The van der Waals surface area contributed by atoms with Gasteiger partial charge in [-0.05, 0) is 49.1 Å². The summed E-state index contributed by atoms with van der Waals surface area (Å²) in [6.07, 6.45) is 2.50. The average Bonchev–Trinajstić information content (AvgIpc) is 3.25. The zero-order valence-electron chi connectivity index (χ0n) is 15.9. The summed E-state index contributed by atoms with van der Waals surface area (Å²) in [6, 6.07) is 11.8. The number of fused-ring (bicyclic) bond motifs is 1. The van der Waals surface area contributed by atoms with E-state index in [1.54, 1.807) is 0 Å². The Morgan fingerprint density at radius 1 is 1.24 bits per heavy atom. The molecule has 4 rings (SSSR count). The monoisotopic (exact) mass is 434 g/mol. The van der Waals surface area contributed by atoms with Gasteiger partial charge in [0, 0.05) is 25.6 Å². The number of halogens is 1. The van der Waals surface area contributed by atoms with Crippen molar-refractivity contribution in [3.05, 3.63) is 58.6 Å². The lowest BCUT2D eigenvalue weighted by molar-refractivity contribution is 0.0945. The van der Waals surface area contributed by atoms with Crippen molar-refractivity contribution in [2.24, 2.45) is 5.92 Å². The largest absolute Gasteiger partial charge is 0.381 e. The van der Waals surface area contributed by atoms with Crippen LogP contribution in [0, 0.1) is 5.92 Å². The van der Waals surface area contributed by atoms with Gasteiger partial charge in [0.1, 0.15) is 0 Å². The molecule has 1 fully saturated rings. The number of hydrogen-bond donors (Lipinski definition) is 1. The SMILES string of the molecule is O=C(NCC1CCOC1)c1cc(S(=O)(=O)N2CCCc3ccccc32)ccc1Cl. The van der Waals surface area contributed by atoms with Crippen LogP contribution >= 0.6 is 11.6 Å². The Labute approximate surface area is 175 Å². The maximum absolute atomic E-state index is 13.3. The molecule has 29 heavy (non-hydrogen) atoms. The van der Waals surface area contributed by atoms with Crippen molar-refractivity contribution < 1.29 is 17.9 Å². The van der Waals surface area contributed by atoms with Gasteiger partial charge in [0.25, 0.3) is 15.9 Å². The summed E-state index contributed by atoms with van der Waals surface area (Å²) in [4.78, 5) is 12.7. The standard InChI is InChI=1S/C21H23ClN2O4S/c22-19-8-7-17(12-18(19)21(25)23-13-15-9-11-28-14-15)29(26,27)24-10-3-5-16-4-1-2-6-20(16)24/h1-2,4,6-8,12,15H,3,5,9-11,13-14H2,(H,23,25). The van der Waals surface area contributed by atoms with Gasteiger partial charge >= 0.3 is 0 Å². The van der Waals surface area contributed by atoms with Gasteiger partial charge in [-0.2, -0.15) is 0 Å². The molecule has 2 aromatic rings. The minimum atomic E-state index is -3.80. The van der Waals surface area contributed by atoms with Crippen molar-refractivity contribution in [1.29, 1.82) is 0 Å². The first kappa shape index (κ1) is 20.2. The van der Waals surface area contributed by atoms with Crippen LogP contribution in [0.3, 0.4) is 0 Å². The third-order valence-electron chi connectivity index (χ3n) is 5.41. The van der Waals surface area contributed by atoms with Gasteiger partial charge < -0.3 is 10.1 Å². The summed E-state index contributed by atoms with van der Waals surface area (Å²) in [5.74, 6) is -0.104. The van der Waals surface area contributed by atoms with E-state index >= 15 is 0 Å². The van der Waals surface area contributed by atoms with E-state index in [9.17, 15) is 13.2 Å². The number of sulfonamides is 1. The lowest BCUT2D eigenvalue weighted by Crippen LogP contribution is -2.35. The number of rotatable bonds is 5. The highest BCUT2D eigenvalue weighted by atomic mass is 35.5. The van der Waals surface area contributed by atoms with Gasteiger partial charge in [0.15, 0.2) is 0 Å². The molecule has 1 N–H and O–H groups in total. The second kappa shape index (κ2) is 8.34. The number of aryl methyl sites for hydroxylation is 1. The average molecular weight is 435 g/mol. The molecule has 0 aromatic heterocycles. The van der Waals surface area contributed by atoms with E-state index in [1.807, 2.05) is 24.3 Å². The topological polar surface area (TPSA) is 75.7 Å². The Bertz CT molecular complexity index is 1020. The van der Waals surface area contributed by atoms with Gasteiger partial charge in [-0.1, -0.05) is 29.8 Å². The first-order chi connectivity index (χ1) is 14.0. The molecule has 6 nitrogen and oxygen atoms in total. The quantitative estimate of drug-likeness (QED) is 0.783. The number of ether oxygens (including phenoxy) is 1. The second-order valence-corrected chi connectivity index (χ2v) is 9.66. The van der Waals surface area contributed by atoms with E-state index in [-0.39, 0.29) is 27.3 Å². The number of carbonyl (C=O) groups is 1. The molecular weight excluding hydrogens is 412 g/mol. The van der Waals surface area contributed by atoms with Crippen LogP contribution in [0.5, 0.6) is 0 Å². The van der Waals surface area contributed by atoms with Crippen molar-refractivity contribution in [1.82, 2.24) is 5.32 Å². The molecule has 1 atom stereocenters. The number of anilines is 1. The van der Waals surface area contributed by atoms with Crippen molar-refractivity contribution in [2.45, 2.75) is 24.2 Å². The number of para-hydroxylation sites is 1. The van der Waals surface area contributed by atoms with Crippen LogP contribution in [-0.2, 0) is 21.2 Å². The van der Waals surface area contributed by atoms with Crippen LogP contribution in [0.25, 0.3) is 0 Å². The summed E-state index contributed by atoms with van der Waals surface area (Å²) in [5, 5.41) is 3.07. The van der Waals surface area contributed by atoms with Crippen molar-refractivity contribution in [2.75, 3.05) is 30.6 Å². The highest BCUT2D eigenvalue weighted by Crippen LogP contribution is 2.32. The highest BCUT2D eigenvalue weighted by Gasteiger charge is 2.30. The first-order valence-electron chi connectivity index (χ1n) is 9.73. The number of nitrogens with one attached hydrogen (secondary N) is 1. The molecule has 2 heterocycles. The minimum absolute atomic E-state index is 0.0629. The van der Waals surface area contributed by atoms with Gasteiger partial charge in [-0.3, -0.25) is 9.10 Å². The molecule has 1 unspecified atom stereocenters. The number of benzene rings is 2.